The predicted octanol–water partition coefficient (Wildman–Crippen LogP) is 2.53. The molecule has 134 valence electrons. The minimum Gasteiger partial charge on any atom is -0.380 e. The van der Waals surface area contributed by atoms with Gasteiger partial charge in [-0.25, -0.2) is 4.98 Å². The van der Waals surface area contributed by atoms with Crippen molar-refractivity contribution in [2.75, 3.05) is 19.8 Å². The normalized spacial score (nSPS) is 20.0. The lowest BCUT2D eigenvalue weighted by molar-refractivity contribution is 0.0618. The number of hydrogen-bond donors (Lipinski definition) is 1. The zero-order valence-electron chi connectivity index (χ0n) is 15.2. The highest BCUT2D eigenvalue weighted by Gasteiger charge is 2.33. The van der Waals surface area contributed by atoms with Gasteiger partial charge in [-0.05, 0) is 38.7 Å². The van der Waals surface area contributed by atoms with Gasteiger partial charge >= 0.3 is 0 Å². The van der Waals surface area contributed by atoms with Gasteiger partial charge in [-0.15, -0.1) is 0 Å². The number of nitrogens with one attached hydrogen (secondary N) is 1. The minimum absolute atomic E-state index is 0.0744. The van der Waals surface area contributed by atoms with Crippen molar-refractivity contribution in [1.82, 2.24) is 19.4 Å². The average molecular weight is 342 g/mol. The number of fused-ring (bicyclic) bond motifs is 1. The molecule has 0 bridgehead atoms. The molecule has 0 radical (unpaired) electrons. The number of imidazole rings is 1. The molecule has 0 aromatic carbocycles. The Hall–Kier alpha value is -2.08. The highest BCUT2D eigenvalue weighted by molar-refractivity contribution is 5.95. The van der Waals surface area contributed by atoms with Gasteiger partial charge in [0.1, 0.15) is 0 Å². The highest BCUT2D eigenvalue weighted by Crippen LogP contribution is 2.32. The second-order valence-corrected chi connectivity index (χ2v) is 7.54. The zero-order valence-corrected chi connectivity index (χ0v) is 15.2. The van der Waals surface area contributed by atoms with E-state index >= 15 is 0 Å². The van der Waals surface area contributed by atoms with Crippen LogP contribution < -0.4 is 0 Å². The summed E-state index contributed by atoms with van der Waals surface area (Å²) in [7, 11) is 2.02. The van der Waals surface area contributed by atoms with Gasteiger partial charge in [0, 0.05) is 43.2 Å². The molecule has 25 heavy (non-hydrogen) atoms. The monoisotopic (exact) mass is 342 g/mol. The van der Waals surface area contributed by atoms with E-state index in [9.17, 15) is 4.79 Å². The summed E-state index contributed by atoms with van der Waals surface area (Å²) in [6.07, 6.45) is 4.43. The van der Waals surface area contributed by atoms with Crippen molar-refractivity contribution in [2.45, 2.75) is 39.2 Å². The second-order valence-electron chi connectivity index (χ2n) is 7.54. The Morgan fingerprint density at radius 3 is 2.84 bits per heavy atom. The number of nitrogens with zero attached hydrogens (tertiary/aromatic N) is 3. The third-order valence-electron chi connectivity index (χ3n) is 5.27. The number of hydrogen-bond acceptors (Lipinski definition) is 3. The Labute approximate surface area is 148 Å². The van der Waals surface area contributed by atoms with E-state index < -0.39 is 0 Å². The van der Waals surface area contributed by atoms with E-state index in [1.807, 2.05) is 38.2 Å². The Bertz CT molecular complexity index is 787. The van der Waals surface area contributed by atoms with Gasteiger partial charge in [-0.2, -0.15) is 0 Å². The maximum atomic E-state index is 13.0. The van der Waals surface area contributed by atoms with Crippen LogP contribution in [-0.4, -0.2) is 45.1 Å². The molecule has 1 aliphatic carbocycles. The topological polar surface area (TPSA) is 63.1 Å². The summed E-state index contributed by atoms with van der Waals surface area (Å²) >= 11 is 0. The quantitative estimate of drug-likeness (QED) is 0.908. The molecule has 0 saturated heterocycles. The maximum Gasteiger partial charge on any atom is 0.256 e. The number of aromatic amines is 1. The molecule has 2 aromatic rings. The van der Waals surface area contributed by atoms with Crippen molar-refractivity contribution in [3.05, 3.63) is 40.7 Å². The van der Waals surface area contributed by atoms with Crippen molar-refractivity contribution < 1.29 is 9.53 Å². The fraction of sp³-hybridized carbons (Fsp3) is 0.579. The number of aromatic nitrogens is 3. The Kier molecular flexibility index (Phi) is 4.15. The van der Waals surface area contributed by atoms with Crippen LogP contribution in [0.4, 0.5) is 0 Å². The van der Waals surface area contributed by atoms with Crippen LogP contribution in [0.5, 0.6) is 0 Å². The summed E-state index contributed by atoms with van der Waals surface area (Å²) < 4.78 is 8.03. The lowest BCUT2D eigenvalue weighted by Gasteiger charge is -2.33. The summed E-state index contributed by atoms with van der Waals surface area (Å²) in [6, 6.07) is 1.93. The Morgan fingerprint density at radius 2 is 2.16 bits per heavy atom. The maximum absolute atomic E-state index is 13.0. The molecule has 6 nitrogen and oxygen atoms in total. The minimum atomic E-state index is 0.0744. The van der Waals surface area contributed by atoms with Crippen LogP contribution in [0.15, 0.2) is 12.4 Å². The van der Waals surface area contributed by atoms with Gasteiger partial charge in [0.05, 0.1) is 30.7 Å². The molecular weight excluding hydrogens is 316 g/mol. The Morgan fingerprint density at radius 1 is 1.36 bits per heavy atom. The summed E-state index contributed by atoms with van der Waals surface area (Å²) in [6.45, 7) is 6.67. The molecule has 4 rings (SSSR count). The van der Waals surface area contributed by atoms with E-state index in [1.165, 1.54) is 18.5 Å². The molecule has 2 aromatic heterocycles. The first kappa shape index (κ1) is 16.4. The van der Waals surface area contributed by atoms with Crippen LogP contribution >= 0.6 is 0 Å². The number of H-pyrrole nitrogens is 1. The number of ether oxygens (including phenoxy) is 1. The molecule has 0 unspecified atom stereocenters. The zero-order chi connectivity index (χ0) is 17.6. The predicted molar refractivity (Wildman–Crippen MR) is 94.5 cm³/mol. The third kappa shape index (κ3) is 3.23. The molecule has 6 heteroatoms. The Balaban J connectivity index is 1.54. The first-order valence-electron chi connectivity index (χ1n) is 9.06. The van der Waals surface area contributed by atoms with Gasteiger partial charge in [0.15, 0.2) is 0 Å². The number of carbonyl (C=O) groups is 1. The van der Waals surface area contributed by atoms with Crippen molar-refractivity contribution in [1.29, 1.82) is 0 Å². The standard InChI is InChI=1S/C19H26N4O2/c1-12-6-16(13(2)21-12)19(24)23-7-15(10-25-9-14-4-5-14)18-17(8-23)20-11-22(18)3/h6,11,14-15,21H,4-5,7-10H2,1-3H3/t15-/m0/s1. The van der Waals surface area contributed by atoms with E-state index in [0.29, 0.717) is 19.7 Å². The fourth-order valence-corrected chi connectivity index (χ4v) is 3.80. The van der Waals surface area contributed by atoms with Crippen molar-refractivity contribution in [3.63, 3.8) is 0 Å². The van der Waals surface area contributed by atoms with Crippen molar-refractivity contribution >= 4 is 5.91 Å². The van der Waals surface area contributed by atoms with E-state index in [0.717, 1.165) is 35.2 Å². The fourth-order valence-electron chi connectivity index (χ4n) is 3.80. The molecule has 1 fully saturated rings. The van der Waals surface area contributed by atoms with E-state index in [2.05, 4.69) is 14.5 Å². The third-order valence-corrected chi connectivity index (χ3v) is 5.27. The number of amides is 1. The van der Waals surface area contributed by atoms with Gasteiger partial charge in [0.25, 0.3) is 5.91 Å². The second kappa shape index (κ2) is 6.33. The highest BCUT2D eigenvalue weighted by atomic mass is 16.5. The van der Waals surface area contributed by atoms with Crippen LogP contribution in [0.1, 0.15) is 51.9 Å². The van der Waals surface area contributed by atoms with E-state index in [4.69, 9.17) is 4.74 Å². The largest absolute Gasteiger partial charge is 0.380 e. The molecule has 1 saturated carbocycles. The van der Waals surface area contributed by atoms with Gasteiger partial charge < -0.3 is 19.2 Å². The van der Waals surface area contributed by atoms with Crippen LogP contribution in [0.25, 0.3) is 0 Å². The molecule has 3 heterocycles. The summed E-state index contributed by atoms with van der Waals surface area (Å²) in [5.41, 5.74) is 4.90. The summed E-state index contributed by atoms with van der Waals surface area (Å²) in [5.74, 6) is 1.00. The molecule has 1 N–H and O–H groups in total. The van der Waals surface area contributed by atoms with E-state index in [1.54, 1.807) is 0 Å². The molecular formula is C19H26N4O2. The van der Waals surface area contributed by atoms with E-state index in [-0.39, 0.29) is 11.8 Å². The molecule has 2 aliphatic rings. The summed E-state index contributed by atoms with van der Waals surface area (Å²) in [4.78, 5) is 22.7. The van der Waals surface area contributed by atoms with Crippen LogP contribution in [0.3, 0.4) is 0 Å². The van der Waals surface area contributed by atoms with Crippen LogP contribution in [-0.2, 0) is 18.3 Å². The molecule has 1 amide bonds. The number of rotatable bonds is 5. The van der Waals surface area contributed by atoms with Gasteiger partial charge in [0.2, 0.25) is 0 Å². The van der Waals surface area contributed by atoms with Crippen LogP contribution in [0.2, 0.25) is 0 Å². The van der Waals surface area contributed by atoms with Crippen molar-refractivity contribution in [3.8, 4) is 0 Å². The summed E-state index contributed by atoms with van der Waals surface area (Å²) in [5, 5.41) is 0. The smallest absolute Gasteiger partial charge is 0.256 e. The van der Waals surface area contributed by atoms with Crippen LogP contribution in [0, 0.1) is 19.8 Å². The lowest BCUT2D eigenvalue weighted by Crippen LogP contribution is -2.40. The first-order chi connectivity index (χ1) is 12.0. The van der Waals surface area contributed by atoms with Gasteiger partial charge in [-0.3, -0.25) is 4.79 Å². The first-order valence-corrected chi connectivity index (χ1v) is 9.06. The molecule has 1 aliphatic heterocycles. The molecule has 1 atom stereocenters. The number of aryl methyl sites for hydroxylation is 3. The number of carbonyl (C=O) groups excluding carboxylic acids is 1. The lowest BCUT2D eigenvalue weighted by atomic mass is 9.98. The van der Waals surface area contributed by atoms with Gasteiger partial charge in [-0.1, -0.05) is 0 Å². The molecule has 0 spiro atoms. The average Bonchev–Trinajstić information content (AvgIpc) is 3.24. The van der Waals surface area contributed by atoms with Crippen molar-refractivity contribution in [2.24, 2.45) is 13.0 Å². The SMILES string of the molecule is Cc1cc(C(=O)N2Cc3ncn(C)c3[C@H](COCC3CC3)C2)c(C)[nH]1.